The highest BCUT2D eigenvalue weighted by Crippen LogP contribution is 2.30. The van der Waals surface area contributed by atoms with E-state index < -0.39 is 23.6 Å². The Morgan fingerprint density at radius 1 is 1.26 bits per heavy atom. The number of rotatable bonds is 5. The number of carbonyl (C=O) groups is 1. The molecule has 27 heavy (non-hydrogen) atoms. The van der Waals surface area contributed by atoms with Gasteiger partial charge in [0, 0.05) is 24.8 Å². The third-order valence-electron chi connectivity index (χ3n) is 4.05. The third kappa shape index (κ3) is 5.40. The van der Waals surface area contributed by atoms with E-state index in [4.69, 9.17) is 4.74 Å². The second-order valence-electron chi connectivity index (χ2n) is 6.19. The molecule has 1 aliphatic heterocycles. The van der Waals surface area contributed by atoms with Crippen molar-refractivity contribution in [2.24, 2.45) is 0 Å². The quantitative estimate of drug-likeness (QED) is 0.636. The first-order valence-electron chi connectivity index (χ1n) is 8.28. The molecular weight excluding hydrogens is 366 g/mol. The maximum atomic E-state index is 13.1. The summed E-state index contributed by atoms with van der Waals surface area (Å²) in [5.41, 5.74) is -0.733. The van der Waals surface area contributed by atoms with E-state index in [1.165, 1.54) is 24.3 Å². The number of ether oxygens (including phenoxy) is 1. The van der Waals surface area contributed by atoms with Gasteiger partial charge in [-0.15, -0.1) is 0 Å². The molecule has 2 aromatic rings. The van der Waals surface area contributed by atoms with E-state index in [0.29, 0.717) is 19.5 Å². The van der Waals surface area contributed by atoms with Crippen molar-refractivity contribution in [1.29, 1.82) is 0 Å². The molecule has 1 saturated heterocycles. The largest absolute Gasteiger partial charge is 0.473 e. The standard InChI is InChI=1S/C18H17F4N3O2/c19-15-5-2-6-17(24-15)27-14-7-8-25(10-14)11-16(26)23-13-4-1-3-12(9-13)18(20,21)22/h1-6,9,14H,7-8,10-11H2,(H,23,26). The summed E-state index contributed by atoms with van der Waals surface area (Å²) >= 11 is 0. The van der Waals surface area contributed by atoms with Crippen molar-refractivity contribution in [1.82, 2.24) is 9.88 Å². The van der Waals surface area contributed by atoms with Crippen LogP contribution in [-0.4, -0.2) is 41.5 Å². The van der Waals surface area contributed by atoms with Crippen molar-refractivity contribution in [3.05, 3.63) is 54.0 Å². The number of nitrogens with one attached hydrogen (secondary N) is 1. The summed E-state index contributed by atoms with van der Waals surface area (Å²) in [7, 11) is 0. The Bertz CT molecular complexity index is 813. The van der Waals surface area contributed by atoms with Gasteiger partial charge in [0.15, 0.2) is 0 Å². The van der Waals surface area contributed by atoms with E-state index in [1.54, 1.807) is 6.07 Å². The molecular formula is C18H17F4N3O2. The summed E-state index contributed by atoms with van der Waals surface area (Å²) in [4.78, 5) is 17.5. The van der Waals surface area contributed by atoms with Crippen LogP contribution in [0.2, 0.25) is 0 Å². The van der Waals surface area contributed by atoms with Crippen molar-refractivity contribution in [2.75, 3.05) is 25.0 Å². The zero-order valence-corrected chi connectivity index (χ0v) is 14.2. The van der Waals surface area contributed by atoms with Crippen LogP contribution in [0.1, 0.15) is 12.0 Å². The molecule has 1 aromatic heterocycles. The van der Waals surface area contributed by atoms with Gasteiger partial charge in [0.25, 0.3) is 0 Å². The number of halogens is 4. The predicted molar refractivity (Wildman–Crippen MR) is 89.7 cm³/mol. The SMILES string of the molecule is O=C(CN1CCC(Oc2cccc(F)n2)C1)Nc1cccc(C(F)(F)F)c1. The third-order valence-corrected chi connectivity index (χ3v) is 4.05. The second kappa shape index (κ2) is 7.91. The Kier molecular flexibility index (Phi) is 5.59. The summed E-state index contributed by atoms with van der Waals surface area (Å²) in [6.45, 7) is 1.04. The monoisotopic (exact) mass is 383 g/mol. The van der Waals surface area contributed by atoms with Gasteiger partial charge in [0.1, 0.15) is 6.10 Å². The average Bonchev–Trinajstić information content (AvgIpc) is 3.01. The number of hydrogen-bond donors (Lipinski definition) is 1. The Hall–Kier alpha value is -2.68. The van der Waals surface area contributed by atoms with Crippen LogP contribution in [0.3, 0.4) is 0 Å². The van der Waals surface area contributed by atoms with Crippen molar-refractivity contribution in [2.45, 2.75) is 18.7 Å². The fraction of sp³-hybridized carbons (Fsp3) is 0.333. The molecule has 1 unspecified atom stereocenters. The average molecular weight is 383 g/mol. The maximum Gasteiger partial charge on any atom is 0.416 e. The number of benzene rings is 1. The molecule has 0 radical (unpaired) electrons. The van der Waals surface area contributed by atoms with E-state index in [9.17, 15) is 22.4 Å². The highest BCUT2D eigenvalue weighted by Gasteiger charge is 2.30. The summed E-state index contributed by atoms with van der Waals surface area (Å²) in [6, 6.07) is 8.73. The zero-order valence-electron chi connectivity index (χ0n) is 14.2. The Balaban J connectivity index is 1.50. The molecule has 1 amide bonds. The topological polar surface area (TPSA) is 54.5 Å². The minimum atomic E-state index is -4.47. The van der Waals surface area contributed by atoms with E-state index in [1.807, 2.05) is 4.90 Å². The molecule has 1 N–H and O–H groups in total. The summed E-state index contributed by atoms with van der Waals surface area (Å²) in [6.07, 6.45) is -4.07. The van der Waals surface area contributed by atoms with Crippen LogP contribution in [0.25, 0.3) is 0 Å². The van der Waals surface area contributed by atoms with Crippen molar-refractivity contribution >= 4 is 11.6 Å². The minimum Gasteiger partial charge on any atom is -0.473 e. The Morgan fingerprint density at radius 3 is 2.78 bits per heavy atom. The van der Waals surface area contributed by atoms with Crippen molar-refractivity contribution in [3.63, 3.8) is 0 Å². The number of amides is 1. The van der Waals surface area contributed by atoms with Crippen LogP contribution in [0.5, 0.6) is 5.88 Å². The first kappa shape index (κ1) is 19.1. The van der Waals surface area contributed by atoms with E-state index in [0.717, 1.165) is 12.1 Å². The maximum absolute atomic E-state index is 13.1. The van der Waals surface area contributed by atoms with E-state index in [-0.39, 0.29) is 24.2 Å². The molecule has 2 heterocycles. The van der Waals surface area contributed by atoms with E-state index in [2.05, 4.69) is 10.3 Å². The van der Waals surface area contributed by atoms with Crippen LogP contribution in [0, 0.1) is 5.95 Å². The number of nitrogens with zero attached hydrogens (tertiary/aromatic N) is 2. The lowest BCUT2D eigenvalue weighted by Crippen LogP contribution is -2.33. The number of aromatic nitrogens is 1. The highest BCUT2D eigenvalue weighted by atomic mass is 19.4. The van der Waals surface area contributed by atoms with Gasteiger partial charge in [-0.2, -0.15) is 22.5 Å². The van der Waals surface area contributed by atoms with Gasteiger partial charge < -0.3 is 10.1 Å². The number of carbonyl (C=O) groups excluding carboxylic acids is 1. The van der Waals surface area contributed by atoms with Crippen LogP contribution >= 0.6 is 0 Å². The smallest absolute Gasteiger partial charge is 0.416 e. The molecule has 1 aromatic carbocycles. The lowest BCUT2D eigenvalue weighted by Gasteiger charge is -2.16. The van der Waals surface area contributed by atoms with Gasteiger partial charge in [0.2, 0.25) is 17.7 Å². The fourth-order valence-corrected chi connectivity index (χ4v) is 2.84. The molecule has 1 atom stereocenters. The van der Waals surface area contributed by atoms with Gasteiger partial charge >= 0.3 is 6.18 Å². The van der Waals surface area contributed by atoms with Crippen molar-refractivity contribution in [3.8, 4) is 5.88 Å². The van der Waals surface area contributed by atoms with Gasteiger partial charge in [-0.1, -0.05) is 12.1 Å². The van der Waals surface area contributed by atoms with Crippen LogP contribution < -0.4 is 10.1 Å². The van der Waals surface area contributed by atoms with Crippen LogP contribution in [0.4, 0.5) is 23.2 Å². The van der Waals surface area contributed by atoms with Gasteiger partial charge in [-0.25, -0.2) is 0 Å². The molecule has 9 heteroatoms. The number of likely N-dealkylation sites (tertiary alicyclic amines) is 1. The van der Waals surface area contributed by atoms with E-state index >= 15 is 0 Å². The first-order chi connectivity index (χ1) is 12.8. The zero-order chi connectivity index (χ0) is 19.4. The molecule has 144 valence electrons. The van der Waals surface area contributed by atoms with Crippen LogP contribution in [-0.2, 0) is 11.0 Å². The molecule has 0 spiro atoms. The number of hydrogen-bond acceptors (Lipinski definition) is 4. The molecule has 5 nitrogen and oxygen atoms in total. The van der Waals surface area contributed by atoms with Gasteiger partial charge in [-0.3, -0.25) is 9.69 Å². The first-order valence-corrected chi connectivity index (χ1v) is 8.28. The van der Waals surface area contributed by atoms with Gasteiger partial charge in [-0.05, 0) is 30.7 Å². The Labute approximate surface area is 153 Å². The van der Waals surface area contributed by atoms with Crippen LogP contribution in [0.15, 0.2) is 42.5 Å². The highest BCUT2D eigenvalue weighted by molar-refractivity contribution is 5.92. The summed E-state index contributed by atoms with van der Waals surface area (Å²) in [5.74, 6) is -0.878. The lowest BCUT2D eigenvalue weighted by molar-refractivity contribution is -0.137. The normalized spacial score (nSPS) is 17.7. The lowest BCUT2D eigenvalue weighted by atomic mass is 10.2. The molecule has 0 aliphatic carbocycles. The minimum absolute atomic E-state index is 0.0205. The van der Waals surface area contributed by atoms with Crippen molar-refractivity contribution < 1.29 is 27.1 Å². The predicted octanol–water partition coefficient (Wildman–Crippen LogP) is 3.33. The number of anilines is 1. The Morgan fingerprint density at radius 2 is 2.04 bits per heavy atom. The second-order valence-corrected chi connectivity index (χ2v) is 6.19. The molecule has 0 bridgehead atoms. The fourth-order valence-electron chi connectivity index (χ4n) is 2.84. The molecule has 1 fully saturated rings. The molecule has 0 saturated carbocycles. The van der Waals surface area contributed by atoms with Gasteiger partial charge in [0.05, 0.1) is 12.1 Å². The molecule has 3 rings (SSSR count). The summed E-state index contributed by atoms with van der Waals surface area (Å²) < 4.78 is 56.8. The number of alkyl halides is 3. The number of pyridine rings is 1. The summed E-state index contributed by atoms with van der Waals surface area (Å²) in [5, 5.41) is 2.47. The molecule has 1 aliphatic rings.